The Hall–Kier alpha value is -3.89. The SMILES string of the molecule is O=C(O)CNC(=O)c1c(O)c2cc(F)ccc2n(Cc2c(F)cc(F)cc2F)c1=O. The van der Waals surface area contributed by atoms with Gasteiger partial charge < -0.3 is 20.1 Å². The molecule has 3 aromatic rings. The molecule has 0 bridgehead atoms. The fourth-order valence-corrected chi connectivity index (χ4v) is 2.90. The Balaban J connectivity index is 2.27. The summed E-state index contributed by atoms with van der Waals surface area (Å²) in [5.74, 6) is -8.32. The number of carbonyl (C=O) groups excluding carboxylic acids is 1. The normalized spacial score (nSPS) is 10.9. The summed E-state index contributed by atoms with van der Waals surface area (Å²) in [5, 5.41) is 20.5. The molecule has 3 rings (SSSR count). The number of aliphatic carboxylic acids is 1. The summed E-state index contributed by atoms with van der Waals surface area (Å²) in [6.45, 7) is -1.71. The van der Waals surface area contributed by atoms with Gasteiger partial charge in [-0.1, -0.05) is 0 Å². The molecule has 1 heterocycles. The van der Waals surface area contributed by atoms with Crippen molar-refractivity contribution in [2.24, 2.45) is 0 Å². The highest BCUT2D eigenvalue weighted by Crippen LogP contribution is 2.28. The van der Waals surface area contributed by atoms with Crippen molar-refractivity contribution < 1.29 is 37.4 Å². The number of carbonyl (C=O) groups is 2. The number of rotatable bonds is 5. The van der Waals surface area contributed by atoms with E-state index in [4.69, 9.17) is 5.11 Å². The molecule has 0 fully saturated rings. The molecule has 11 heteroatoms. The third-order valence-electron chi connectivity index (χ3n) is 4.25. The summed E-state index contributed by atoms with van der Waals surface area (Å²) in [7, 11) is 0. The van der Waals surface area contributed by atoms with Crippen molar-refractivity contribution in [2.45, 2.75) is 6.54 Å². The van der Waals surface area contributed by atoms with E-state index in [9.17, 15) is 37.1 Å². The molecule has 0 spiro atoms. The zero-order valence-electron chi connectivity index (χ0n) is 14.9. The number of aromatic nitrogens is 1. The molecule has 2 aromatic carbocycles. The number of amides is 1. The number of halogens is 4. The van der Waals surface area contributed by atoms with E-state index in [1.54, 1.807) is 0 Å². The minimum atomic E-state index is -1.44. The smallest absolute Gasteiger partial charge is 0.322 e. The summed E-state index contributed by atoms with van der Waals surface area (Å²) in [5.41, 5.74) is -3.06. The van der Waals surface area contributed by atoms with Gasteiger partial charge in [-0.15, -0.1) is 0 Å². The van der Waals surface area contributed by atoms with Crippen LogP contribution in [0.4, 0.5) is 17.6 Å². The van der Waals surface area contributed by atoms with Crippen LogP contribution in [0.1, 0.15) is 15.9 Å². The van der Waals surface area contributed by atoms with E-state index < -0.39 is 70.7 Å². The van der Waals surface area contributed by atoms with Gasteiger partial charge in [0.1, 0.15) is 41.1 Å². The van der Waals surface area contributed by atoms with Crippen molar-refractivity contribution in [3.05, 3.63) is 75.1 Å². The number of hydrogen-bond donors (Lipinski definition) is 3. The molecule has 0 saturated carbocycles. The number of nitrogens with zero attached hydrogens (tertiary/aromatic N) is 1. The van der Waals surface area contributed by atoms with Gasteiger partial charge in [-0.3, -0.25) is 14.4 Å². The van der Waals surface area contributed by atoms with Gasteiger partial charge in [0.2, 0.25) is 0 Å². The fourth-order valence-electron chi connectivity index (χ4n) is 2.90. The lowest BCUT2D eigenvalue weighted by atomic mass is 10.1. The highest BCUT2D eigenvalue weighted by molar-refractivity contribution is 6.03. The molecule has 1 amide bonds. The van der Waals surface area contributed by atoms with Crippen LogP contribution in [0.25, 0.3) is 10.9 Å². The number of hydrogen-bond acceptors (Lipinski definition) is 4. The second kappa shape index (κ2) is 7.85. The topological polar surface area (TPSA) is 109 Å². The van der Waals surface area contributed by atoms with Crippen LogP contribution in [0.3, 0.4) is 0 Å². The number of carboxylic acid groups (broad SMARTS) is 1. The molecule has 3 N–H and O–H groups in total. The van der Waals surface area contributed by atoms with E-state index in [0.717, 1.165) is 18.2 Å². The third-order valence-corrected chi connectivity index (χ3v) is 4.25. The molecule has 0 atom stereocenters. The van der Waals surface area contributed by atoms with E-state index in [-0.39, 0.29) is 10.9 Å². The van der Waals surface area contributed by atoms with E-state index >= 15 is 0 Å². The van der Waals surface area contributed by atoms with Crippen LogP contribution in [0, 0.1) is 23.3 Å². The Morgan fingerprint density at radius 2 is 1.63 bits per heavy atom. The summed E-state index contributed by atoms with van der Waals surface area (Å²) in [6.07, 6.45) is 0. The van der Waals surface area contributed by atoms with Crippen molar-refractivity contribution in [3.8, 4) is 5.75 Å². The largest absolute Gasteiger partial charge is 0.506 e. The fraction of sp³-hybridized carbons (Fsp3) is 0.105. The van der Waals surface area contributed by atoms with Crippen LogP contribution < -0.4 is 10.9 Å². The lowest BCUT2D eigenvalue weighted by molar-refractivity contribution is -0.135. The lowest BCUT2D eigenvalue weighted by Crippen LogP contribution is -2.36. The number of pyridine rings is 1. The van der Waals surface area contributed by atoms with Gasteiger partial charge in [0.25, 0.3) is 11.5 Å². The molecule has 0 aliphatic rings. The van der Waals surface area contributed by atoms with Gasteiger partial charge in [0.15, 0.2) is 0 Å². The Labute approximate surface area is 164 Å². The monoisotopic (exact) mass is 424 g/mol. The maximum atomic E-state index is 14.1. The Kier molecular flexibility index (Phi) is 5.45. The molecule has 0 aliphatic heterocycles. The molecule has 156 valence electrons. The van der Waals surface area contributed by atoms with Crippen molar-refractivity contribution in [3.63, 3.8) is 0 Å². The number of benzene rings is 2. The molecular weight excluding hydrogens is 412 g/mol. The number of fused-ring (bicyclic) bond motifs is 1. The van der Waals surface area contributed by atoms with Crippen molar-refractivity contribution in [1.82, 2.24) is 9.88 Å². The van der Waals surface area contributed by atoms with E-state index in [1.165, 1.54) is 0 Å². The van der Waals surface area contributed by atoms with Crippen molar-refractivity contribution >= 4 is 22.8 Å². The Morgan fingerprint density at radius 3 is 2.23 bits per heavy atom. The zero-order chi connectivity index (χ0) is 22.2. The van der Waals surface area contributed by atoms with Crippen LogP contribution in [0.2, 0.25) is 0 Å². The van der Waals surface area contributed by atoms with Gasteiger partial charge in [-0.05, 0) is 18.2 Å². The Morgan fingerprint density at radius 1 is 1.00 bits per heavy atom. The minimum Gasteiger partial charge on any atom is -0.506 e. The van der Waals surface area contributed by atoms with Crippen LogP contribution >= 0.6 is 0 Å². The second-order valence-corrected chi connectivity index (χ2v) is 6.20. The third kappa shape index (κ3) is 3.81. The molecule has 30 heavy (non-hydrogen) atoms. The van der Waals surface area contributed by atoms with Gasteiger partial charge in [0, 0.05) is 23.1 Å². The highest BCUT2D eigenvalue weighted by atomic mass is 19.1. The standard InChI is InChI=1S/C19H12F4N2O5/c20-8-1-2-14-10(3-8)17(28)16(18(29)24-6-15(26)27)19(30)25(14)7-11-12(22)4-9(21)5-13(11)23/h1-5,28H,6-7H2,(H,24,29)(H,26,27). The van der Waals surface area contributed by atoms with E-state index in [0.29, 0.717) is 16.7 Å². The van der Waals surface area contributed by atoms with Crippen LogP contribution in [0.5, 0.6) is 5.75 Å². The van der Waals surface area contributed by atoms with Crippen LogP contribution in [-0.2, 0) is 11.3 Å². The molecule has 7 nitrogen and oxygen atoms in total. The molecular formula is C19H12F4N2O5. The predicted octanol–water partition coefficient (Wildman–Crippen LogP) is 2.13. The molecule has 0 saturated heterocycles. The summed E-state index contributed by atoms with van der Waals surface area (Å²) in [6, 6.07) is 3.54. The van der Waals surface area contributed by atoms with Crippen molar-refractivity contribution in [1.29, 1.82) is 0 Å². The average molecular weight is 424 g/mol. The predicted molar refractivity (Wildman–Crippen MR) is 95.2 cm³/mol. The van der Waals surface area contributed by atoms with Crippen LogP contribution in [0.15, 0.2) is 35.1 Å². The van der Waals surface area contributed by atoms with Crippen LogP contribution in [-0.4, -0.2) is 33.2 Å². The van der Waals surface area contributed by atoms with Gasteiger partial charge >= 0.3 is 5.97 Å². The molecule has 0 aliphatic carbocycles. The summed E-state index contributed by atoms with van der Waals surface area (Å²) >= 11 is 0. The molecule has 1 aromatic heterocycles. The maximum absolute atomic E-state index is 14.1. The Bertz CT molecular complexity index is 1230. The highest BCUT2D eigenvalue weighted by Gasteiger charge is 2.24. The summed E-state index contributed by atoms with van der Waals surface area (Å²) < 4.78 is 55.7. The zero-order valence-corrected chi connectivity index (χ0v) is 14.9. The molecule has 0 radical (unpaired) electrons. The first kappa shape index (κ1) is 20.8. The maximum Gasteiger partial charge on any atom is 0.322 e. The first-order valence-corrected chi connectivity index (χ1v) is 8.28. The summed E-state index contributed by atoms with van der Waals surface area (Å²) in [4.78, 5) is 35.8. The lowest BCUT2D eigenvalue weighted by Gasteiger charge is -2.16. The second-order valence-electron chi connectivity index (χ2n) is 6.20. The van der Waals surface area contributed by atoms with Gasteiger partial charge in [0.05, 0.1) is 12.1 Å². The first-order chi connectivity index (χ1) is 14.1. The van der Waals surface area contributed by atoms with E-state index in [1.807, 2.05) is 5.32 Å². The van der Waals surface area contributed by atoms with Crippen molar-refractivity contribution in [2.75, 3.05) is 6.54 Å². The quantitative estimate of drug-likeness (QED) is 0.544. The number of carboxylic acids is 1. The number of nitrogens with one attached hydrogen (secondary N) is 1. The average Bonchev–Trinajstić information content (AvgIpc) is 2.65. The minimum absolute atomic E-state index is 0.170. The van der Waals surface area contributed by atoms with Gasteiger partial charge in [-0.25, -0.2) is 17.6 Å². The number of aromatic hydroxyl groups is 1. The van der Waals surface area contributed by atoms with E-state index in [2.05, 4.69) is 0 Å². The van der Waals surface area contributed by atoms with Gasteiger partial charge in [-0.2, -0.15) is 0 Å². The molecule has 0 unspecified atom stereocenters. The first-order valence-electron chi connectivity index (χ1n) is 8.28.